The Morgan fingerprint density at radius 3 is 2.74 bits per heavy atom. The molecular formula is C12H20N2O4S. The highest BCUT2D eigenvalue weighted by molar-refractivity contribution is 7.99. The van der Waals surface area contributed by atoms with Crippen LogP contribution in [0, 0.1) is 5.92 Å². The first-order valence-electron chi connectivity index (χ1n) is 6.49. The molecule has 2 amide bonds. The Labute approximate surface area is 117 Å². The summed E-state index contributed by atoms with van der Waals surface area (Å²) in [6.45, 7) is 2.18. The molecule has 0 bridgehead atoms. The number of rotatable bonds is 3. The molecule has 0 saturated carbocycles. The highest BCUT2D eigenvalue weighted by Crippen LogP contribution is 2.23. The van der Waals surface area contributed by atoms with Crippen molar-refractivity contribution in [3.8, 4) is 0 Å². The zero-order valence-corrected chi connectivity index (χ0v) is 11.9. The maximum Gasteiger partial charge on any atom is 0.327 e. The lowest BCUT2D eigenvalue weighted by atomic mass is 10.00. The average molecular weight is 288 g/mol. The Balaban J connectivity index is 1.89. The van der Waals surface area contributed by atoms with Crippen molar-refractivity contribution < 1.29 is 19.4 Å². The van der Waals surface area contributed by atoms with Crippen molar-refractivity contribution in [1.29, 1.82) is 0 Å². The minimum atomic E-state index is -0.919. The van der Waals surface area contributed by atoms with E-state index in [1.54, 1.807) is 11.9 Å². The third-order valence-corrected chi connectivity index (χ3v) is 4.62. The van der Waals surface area contributed by atoms with Gasteiger partial charge in [0.1, 0.15) is 6.04 Å². The van der Waals surface area contributed by atoms with Crippen LogP contribution in [0.4, 0.5) is 4.79 Å². The Hall–Kier alpha value is -0.950. The molecule has 6 nitrogen and oxygen atoms in total. The minimum Gasteiger partial charge on any atom is -0.480 e. The van der Waals surface area contributed by atoms with Gasteiger partial charge >= 0.3 is 12.0 Å². The van der Waals surface area contributed by atoms with Gasteiger partial charge in [0, 0.05) is 32.6 Å². The van der Waals surface area contributed by atoms with Crippen molar-refractivity contribution in [2.45, 2.75) is 18.9 Å². The van der Waals surface area contributed by atoms with E-state index in [0.717, 1.165) is 26.1 Å². The molecule has 0 radical (unpaired) electrons. The summed E-state index contributed by atoms with van der Waals surface area (Å²) in [7, 11) is 1.75. The lowest BCUT2D eigenvalue weighted by Gasteiger charge is -2.31. The second-order valence-corrected chi connectivity index (χ2v) is 6.04. The molecule has 0 spiro atoms. The molecule has 2 saturated heterocycles. The molecule has 2 aliphatic rings. The molecule has 1 atom stereocenters. The van der Waals surface area contributed by atoms with Gasteiger partial charge in [-0.15, -0.1) is 11.8 Å². The number of urea groups is 1. The topological polar surface area (TPSA) is 70.1 Å². The third kappa shape index (κ3) is 3.54. The van der Waals surface area contributed by atoms with Crippen molar-refractivity contribution in [2.75, 3.05) is 38.4 Å². The van der Waals surface area contributed by atoms with Crippen molar-refractivity contribution in [3.05, 3.63) is 0 Å². The van der Waals surface area contributed by atoms with Crippen LogP contribution in [0.5, 0.6) is 0 Å². The number of hydrogen-bond donors (Lipinski definition) is 1. The fourth-order valence-electron chi connectivity index (χ4n) is 2.45. The van der Waals surface area contributed by atoms with Crippen molar-refractivity contribution in [1.82, 2.24) is 9.80 Å². The lowest BCUT2D eigenvalue weighted by Crippen LogP contribution is -2.48. The number of nitrogens with zero attached hydrogens (tertiary/aromatic N) is 2. The van der Waals surface area contributed by atoms with Gasteiger partial charge in [-0.05, 0) is 18.8 Å². The largest absolute Gasteiger partial charge is 0.480 e. The van der Waals surface area contributed by atoms with Gasteiger partial charge in [-0.25, -0.2) is 9.59 Å². The smallest absolute Gasteiger partial charge is 0.327 e. The second kappa shape index (κ2) is 6.47. The van der Waals surface area contributed by atoms with Crippen LogP contribution < -0.4 is 0 Å². The summed E-state index contributed by atoms with van der Waals surface area (Å²) in [4.78, 5) is 26.5. The van der Waals surface area contributed by atoms with Gasteiger partial charge in [-0.1, -0.05) is 0 Å². The third-order valence-electron chi connectivity index (χ3n) is 3.61. The Bertz CT molecular complexity index is 347. The SMILES string of the molecule is CN(CC1CCOCC1)C(=O)N1CSC[C@H]1C(=O)O. The highest BCUT2D eigenvalue weighted by Gasteiger charge is 2.36. The summed E-state index contributed by atoms with van der Waals surface area (Å²) in [6.07, 6.45) is 1.93. The van der Waals surface area contributed by atoms with Crippen LogP contribution in [0.25, 0.3) is 0 Å². The fourth-order valence-corrected chi connectivity index (χ4v) is 3.59. The molecule has 0 aromatic rings. The predicted molar refractivity (Wildman–Crippen MR) is 72.2 cm³/mol. The minimum absolute atomic E-state index is 0.177. The van der Waals surface area contributed by atoms with Crippen LogP contribution in [0.2, 0.25) is 0 Å². The number of carbonyl (C=O) groups is 2. The Morgan fingerprint density at radius 1 is 1.42 bits per heavy atom. The van der Waals surface area contributed by atoms with Gasteiger partial charge < -0.3 is 19.6 Å². The van der Waals surface area contributed by atoms with E-state index in [2.05, 4.69) is 0 Å². The van der Waals surface area contributed by atoms with Gasteiger partial charge in [0.2, 0.25) is 0 Å². The molecule has 1 N–H and O–H groups in total. The van der Waals surface area contributed by atoms with Crippen LogP contribution in [0.1, 0.15) is 12.8 Å². The predicted octanol–water partition coefficient (Wildman–Crippen LogP) is 0.924. The van der Waals surface area contributed by atoms with E-state index >= 15 is 0 Å². The molecule has 0 aromatic heterocycles. The quantitative estimate of drug-likeness (QED) is 0.836. The molecule has 2 aliphatic heterocycles. The van der Waals surface area contributed by atoms with E-state index in [9.17, 15) is 9.59 Å². The number of carboxylic acid groups (broad SMARTS) is 1. The first-order chi connectivity index (χ1) is 9.09. The standard InChI is InChI=1S/C12H20N2O4S/c1-13(6-9-2-4-18-5-3-9)12(17)14-8-19-7-10(14)11(15)16/h9-10H,2-8H2,1H3,(H,15,16)/t10-/m0/s1. The first-order valence-corrected chi connectivity index (χ1v) is 7.65. The number of carbonyl (C=O) groups excluding carboxylic acids is 1. The monoisotopic (exact) mass is 288 g/mol. The van der Waals surface area contributed by atoms with E-state index in [-0.39, 0.29) is 6.03 Å². The molecule has 108 valence electrons. The van der Waals surface area contributed by atoms with Crippen molar-refractivity contribution in [3.63, 3.8) is 0 Å². The number of thioether (sulfide) groups is 1. The number of ether oxygens (including phenoxy) is 1. The van der Waals surface area contributed by atoms with E-state index in [1.807, 2.05) is 0 Å². The van der Waals surface area contributed by atoms with Crippen LogP contribution >= 0.6 is 11.8 Å². The van der Waals surface area contributed by atoms with Crippen LogP contribution in [-0.4, -0.2) is 71.4 Å². The van der Waals surface area contributed by atoms with E-state index < -0.39 is 12.0 Å². The maximum absolute atomic E-state index is 12.3. The van der Waals surface area contributed by atoms with Crippen LogP contribution in [-0.2, 0) is 9.53 Å². The summed E-state index contributed by atoms with van der Waals surface area (Å²) in [5.74, 6) is 0.485. The van der Waals surface area contributed by atoms with Gasteiger partial charge in [0.15, 0.2) is 0 Å². The highest BCUT2D eigenvalue weighted by atomic mass is 32.2. The molecule has 0 unspecified atom stereocenters. The molecule has 2 fully saturated rings. The second-order valence-electron chi connectivity index (χ2n) is 5.04. The Morgan fingerprint density at radius 2 is 2.11 bits per heavy atom. The Kier molecular flexibility index (Phi) is 4.93. The summed E-state index contributed by atoms with van der Waals surface area (Å²) in [5, 5.41) is 9.09. The molecule has 7 heteroatoms. The molecule has 2 heterocycles. The zero-order valence-electron chi connectivity index (χ0n) is 11.1. The van der Waals surface area contributed by atoms with Gasteiger partial charge in [-0.3, -0.25) is 0 Å². The van der Waals surface area contributed by atoms with Gasteiger partial charge in [0.05, 0.1) is 5.88 Å². The van der Waals surface area contributed by atoms with Crippen molar-refractivity contribution in [2.24, 2.45) is 5.92 Å². The number of aliphatic carboxylic acids is 1. The van der Waals surface area contributed by atoms with E-state index in [4.69, 9.17) is 9.84 Å². The zero-order chi connectivity index (χ0) is 13.8. The first kappa shape index (κ1) is 14.5. The number of carboxylic acids is 1. The number of amides is 2. The van der Waals surface area contributed by atoms with Gasteiger partial charge in [0.25, 0.3) is 0 Å². The maximum atomic E-state index is 12.3. The molecule has 0 aromatic carbocycles. The van der Waals surface area contributed by atoms with Crippen LogP contribution in [0.15, 0.2) is 0 Å². The molecule has 19 heavy (non-hydrogen) atoms. The summed E-state index contributed by atoms with van der Waals surface area (Å²) in [5.41, 5.74) is 0. The average Bonchev–Trinajstić information content (AvgIpc) is 2.88. The summed E-state index contributed by atoms with van der Waals surface area (Å²) >= 11 is 1.49. The summed E-state index contributed by atoms with van der Waals surface area (Å²) < 4.78 is 5.30. The van der Waals surface area contributed by atoms with Crippen molar-refractivity contribution >= 4 is 23.8 Å². The molecular weight excluding hydrogens is 268 g/mol. The van der Waals surface area contributed by atoms with Crippen LogP contribution in [0.3, 0.4) is 0 Å². The van der Waals surface area contributed by atoms with E-state index in [0.29, 0.717) is 24.1 Å². The lowest BCUT2D eigenvalue weighted by molar-refractivity contribution is -0.140. The number of hydrogen-bond acceptors (Lipinski definition) is 4. The molecule has 2 rings (SSSR count). The molecule has 0 aliphatic carbocycles. The van der Waals surface area contributed by atoms with Gasteiger partial charge in [-0.2, -0.15) is 0 Å². The summed E-state index contributed by atoms with van der Waals surface area (Å²) in [6, 6.07) is -0.862. The fraction of sp³-hybridized carbons (Fsp3) is 0.833. The van der Waals surface area contributed by atoms with E-state index in [1.165, 1.54) is 16.7 Å². The normalized spacial score (nSPS) is 24.5.